The fourth-order valence-electron chi connectivity index (χ4n) is 2.68. The monoisotopic (exact) mass is 316 g/mol. The largest absolute Gasteiger partial charge is 0.342 e. The highest BCUT2D eigenvalue weighted by atomic mass is 15.1. The standard InChI is InChI=1S/C18H16N6/c1-2-17-22-16-10-14(9-15(11-19)18(16)23-17)13-5-3-12(4-6-13)7-8-21-24-20/h3-6,9-10H,2,7-8H2,1H3,(H,22,23). The van der Waals surface area contributed by atoms with Crippen molar-refractivity contribution in [2.24, 2.45) is 5.11 Å². The first-order valence-electron chi connectivity index (χ1n) is 7.78. The molecule has 0 saturated heterocycles. The molecule has 0 saturated carbocycles. The topological polar surface area (TPSA) is 101 Å². The number of aryl methyl sites for hydroxylation is 1. The Kier molecular flexibility index (Phi) is 4.46. The maximum absolute atomic E-state index is 9.41. The van der Waals surface area contributed by atoms with Crippen LogP contribution in [0.3, 0.4) is 0 Å². The second kappa shape index (κ2) is 6.86. The minimum atomic E-state index is 0.453. The van der Waals surface area contributed by atoms with Crippen molar-refractivity contribution in [3.05, 3.63) is 63.8 Å². The molecular weight excluding hydrogens is 300 g/mol. The number of hydrogen-bond donors (Lipinski definition) is 1. The van der Waals surface area contributed by atoms with Gasteiger partial charge in [-0.25, -0.2) is 4.98 Å². The van der Waals surface area contributed by atoms with Crippen LogP contribution in [0.5, 0.6) is 0 Å². The Labute approximate surface area is 139 Å². The number of aromatic amines is 1. The highest BCUT2D eigenvalue weighted by Crippen LogP contribution is 2.27. The molecular formula is C18H16N6. The SMILES string of the molecule is CCc1nc2c(C#N)cc(-c3ccc(CCN=[N+]=[N-])cc3)cc2[nH]1. The number of nitrogens with one attached hydrogen (secondary N) is 1. The summed E-state index contributed by atoms with van der Waals surface area (Å²) in [5.74, 6) is 0.882. The lowest BCUT2D eigenvalue weighted by Crippen LogP contribution is -1.89. The molecule has 1 N–H and O–H groups in total. The smallest absolute Gasteiger partial charge is 0.107 e. The second-order valence-corrected chi connectivity index (χ2v) is 5.47. The molecule has 0 bridgehead atoms. The molecule has 3 aromatic rings. The average molecular weight is 316 g/mol. The van der Waals surface area contributed by atoms with Gasteiger partial charge in [-0.05, 0) is 40.8 Å². The summed E-state index contributed by atoms with van der Waals surface area (Å²) in [5.41, 5.74) is 13.6. The third kappa shape index (κ3) is 3.07. The predicted molar refractivity (Wildman–Crippen MR) is 93.3 cm³/mol. The van der Waals surface area contributed by atoms with Crippen LogP contribution in [0.1, 0.15) is 23.9 Å². The Hall–Kier alpha value is -3.29. The third-order valence-electron chi connectivity index (χ3n) is 3.94. The van der Waals surface area contributed by atoms with E-state index < -0.39 is 0 Å². The highest BCUT2D eigenvalue weighted by Gasteiger charge is 2.10. The normalized spacial score (nSPS) is 10.3. The van der Waals surface area contributed by atoms with Crippen molar-refractivity contribution >= 4 is 11.0 Å². The summed E-state index contributed by atoms with van der Waals surface area (Å²) in [6.45, 7) is 2.48. The van der Waals surface area contributed by atoms with Crippen molar-refractivity contribution in [3.8, 4) is 17.2 Å². The van der Waals surface area contributed by atoms with Crippen LogP contribution in [0.2, 0.25) is 0 Å². The summed E-state index contributed by atoms with van der Waals surface area (Å²) in [6, 6.07) is 14.2. The van der Waals surface area contributed by atoms with Crippen LogP contribution in [0.25, 0.3) is 32.6 Å². The van der Waals surface area contributed by atoms with E-state index in [0.717, 1.165) is 40.0 Å². The number of H-pyrrole nitrogens is 1. The Morgan fingerprint density at radius 1 is 1.25 bits per heavy atom. The van der Waals surface area contributed by atoms with Crippen molar-refractivity contribution < 1.29 is 0 Å². The molecule has 6 nitrogen and oxygen atoms in total. The molecule has 0 aliphatic carbocycles. The van der Waals surface area contributed by atoms with Crippen molar-refractivity contribution in [3.63, 3.8) is 0 Å². The molecule has 1 heterocycles. The zero-order chi connectivity index (χ0) is 16.9. The number of imidazole rings is 1. The van der Waals surface area contributed by atoms with Crippen molar-refractivity contribution in [2.75, 3.05) is 6.54 Å². The number of aromatic nitrogens is 2. The maximum atomic E-state index is 9.41. The summed E-state index contributed by atoms with van der Waals surface area (Å²) < 4.78 is 0. The molecule has 0 spiro atoms. The van der Waals surface area contributed by atoms with Crippen LogP contribution in [0.4, 0.5) is 0 Å². The lowest BCUT2D eigenvalue weighted by atomic mass is 10.0. The van der Waals surface area contributed by atoms with Gasteiger partial charge in [-0.2, -0.15) is 5.26 Å². The number of rotatable bonds is 5. The zero-order valence-electron chi connectivity index (χ0n) is 13.3. The van der Waals surface area contributed by atoms with Gasteiger partial charge in [0.1, 0.15) is 17.4 Å². The summed E-state index contributed by atoms with van der Waals surface area (Å²) in [4.78, 5) is 10.5. The van der Waals surface area contributed by atoms with Gasteiger partial charge in [0.15, 0.2) is 0 Å². The molecule has 3 rings (SSSR count). The number of nitriles is 1. The predicted octanol–water partition coefficient (Wildman–Crippen LogP) is 4.52. The molecule has 0 radical (unpaired) electrons. The minimum absolute atomic E-state index is 0.453. The first kappa shape index (κ1) is 15.6. The fourth-order valence-corrected chi connectivity index (χ4v) is 2.68. The van der Waals surface area contributed by atoms with Crippen molar-refractivity contribution in [1.82, 2.24) is 9.97 Å². The summed E-state index contributed by atoms with van der Waals surface area (Å²) in [5, 5.41) is 13.0. The number of azide groups is 1. The van der Waals surface area contributed by atoms with Crippen molar-refractivity contribution in [2.45, 2.75) is 19.8 Å². The Morgan fingerprint density at radius 3 is 2.71 bits per heavy atom. The number of fused-ring (bicyclic) bond motifs is 1. The molecule has 118 valence electrons. The van der Waals surface area contributed by atoms with E-state index in [1.54, 1.807) is 0 Å². The van der Waals surface area contributed by atoms with Gasteiger partial charge in [0.2, 0.25) is 0 Å². The Morgan fingerprint density at radius 2 is 2.04 bits per heavy atom. The van der Waals surface area contributed by atoms with Gasteiger partial charge >= 0.3 is 0 Å². The maximum Gasteiger partial charge on any atom is 0.107 e. The van der Waals surface area contributed by atoms with E-state index in [2.05, 4.69) is 26.1 Å². The van der Waals surface area contributed by atoms with Gasteiger partial charge < -0.3 is 4.98 Å². The molecule has 2 aromatic carbocycles. The summed E-state index contributed by atoms with van der Waals surface area (Å²) in [7, 11) is 0. The van der Waals surface area contributed by atoms with E-state index in [9.17, 15) is 5.26 Å². The molecule has 0 amide bonds. The van der Waals surface area contributed by atoms with Gasteiger partial charge in [-0.1, -0.05) is 36.3 Å². The third-order valence-corrected chi connectivity index (χ3v) is 3.94. The molecule has 0 aliphatic rings. The van der Waals surface area contributed by atoms with Gasteiger partial charge in [0.05, 0.1) is 11.1 Å². The van der Waals surface area contributed by atoms with Gasteiger partial charge in [0, 0.05) is 17.9 Å². The Balaban J connectivity index is 1.96. The lowest BCUT2D eigenvalue weighted by molar-refractivity contribution is 0.956. The molecule has 0 aliphatic heterocycles. The van der Waals surface area contributed by atoms with Crippen LogP contribution >= 0.6 is 0 Å². The van der Waals surface area contributed by atoms with Gasteiger partial charge in [0.25, 0.3) is 0 Å². The van der Waals surface area contributed by atoms with E-state index in [-0.39, 0.29) is 0 Å². The van der Waals surface area contributed by atoms with Crippen LogP contribution in [0.15, 0.2) is 41.5 Å². The Bertz CT molecular complexity index is 956. The second-order valence-electron chi connectivity index (χ2n) is 5.47. The van der Waals surface area contributed by atoms with E-state index in [1.807, 2.05) is 43.3 Å². The van der Waals surface area contributed by atoms with Crippen molar-refractivity contribution in [1.29, 1.82) is 5.26 Å². The molecule has 1 aromatic heterocycles. The van der Waals surface area contributed by atoms with Crippen LogP contribution in [0, 0.1) is 11.3 Å². The average Bonchev–Trinajstić information content (AvgIpc) is 3.05. The zero-order valence-corrected chi connectivity index (χ0v) is 13.3. The lowest BCUT2D eigenvalue weighted by Gasteiger charge is -2.05. The van der Waals surface area contributed by atoms with E-state index in [1.165, 1.54) is 0 Å². The highest BCUT2D eigenvalue weighted by molar-refractivity contribution is 5.87. The van der Waals surface area contributed by atoms with Gasteiger partial charge in [-0.3, -0.25) is 0 Å². The van der Waals surface area contributed by atoms with E-state index in [0.29, 0.717) is 18.5 Å². The first-order chi connectivity index (χ1) is 11.7. The van der Waals surface area contributed by atoms with Crippen LogP contribution < -0.4 is 0 Å². The molecule has 0 unspecified atom stereocenters. The first-order valence-corrected chi connectivity index (χ1v) is 7.78. The van der Waals surface area contributed by atoms with Crippen LogP contribution in [-0.2, 0) is 12.8 Å². The van der Waals surface area contributed by atoms with Gasteiger partial charge in [-0.15, -0.1) is 0 Å². The van der Waals surface area contributed by atoms with Crippen LogP contribution in [-0.4, -0.2) is 16.5 Å². The molecule has 0 atom stereocenters. The summed E-state index contributed by atoms with van der Waals surface area (Å²) >= 11 is 0. The number of nitrogens with zero attached hydrogens (tertiary/aromatic N) is 5. The molecule has 0 fully saturated rings. The minimum Gasteiger partial charge on any atom is -0.342 e. The van der Waals surface area contributed by atoms with E-state index in [4.69, 9.17) is 5.53 Å². The number of benzene rings is 2. The fraction of sp³-hybridized carbons (Fsp3) is 0.222. The summed E-state index contributed by atoms with van der Waals surface area (Å²) in [6.07, 6.45) is 1.52. The van der Waals surface area contributed by atoms with E-state index >= 15 is 0 Å². The molecule has 24 heavy (non-hydrogen) atoms. The number of hydrogen-bond acceptors (Lipinski definition) is 3. The molecule has 6 heteroatoms. The quantitative estimate of drug-likeness (QED) is 0.425.